The number of aliphatic hydroxyl groups is 1. The Hall–Kier alpha value is -2.22. The molecule has 0 amide bonds. The summed E-state index contributed by atoms with van der Waals surface area (Å²) in [5, 5.41) is 30.8. The lowest BCUT2D eigenvalue weighted by Gasteiger charge is -2.47. The van der Waals surface area contributed by atoms with Gasteiger partial charge in [0.15, 0.2) is 5.78 Å². The lowest BCUT2D eigenvalue weighted by atomic mass is 9.77. The number of carbonyl (C=O) groups excluding carboxylic acids is 1. The lowest BCUT2D eigenvalue weighted by Crippen LogP contribution is -2.55. The number of hydrogen-bond acceptors (Lipinski definition) is 6. The van der Waals surface area contributed by atoms with Crippen LogP contribution in [0.4, 0.5) is 0 Å². The minimum absolute atomic E-state index is 0.0393. The number of carboxylic acid groups (broad SMARTS) is 1. The van der Waals surface area contributed by atoms with E-state index in [4.69, 9.17) is 9.47 Å². The lowest BCUT2D eigenvalue weighted by molar-refractivity contribution is -0.229. The average molecular weight is 573 g/mol. The highest BCUT2D eigenvalue weighted by molar-refractivity contribution is 5.97. The van der Waals surface area contributed by atoms with Gasteiger partial charge in [0.1, 0.15) is 11.3 Å². The monoisotopic (exact) mass is 572 g/mol. The molecule has 0 aromatic heterocycles. The number of ether oxygens (including phenoxy) is 2. The number of ketones is 1. The van der Waals surface area contributed by atoms with Crippen LogP contribution < -0.4 is 0 Å². The third kappa shape index (κ3) is 6.89. The van der Waals surface area contributed by atoms with Gasteiger partial charge in [0.25, 0.3) is 0 Å². The summed E-state index contributed by atoms with van der Waals surface area (Å²) in [6.45, 7) is 15.9. The summed E-state index contributed by atoms with van der Waals surface area (Å²) >= 11 is 0. The SMILES string of the molecule is CCC(C(=O)C(C)=CC(C)CCc1ccc(C)c(O)c1C(=O)O)C1OC(CC)(C2CCC(O)(CC)C(C)O2)CC1C. The Morgan fingerprint density at radius 3 is 2.41 bits per heavy atom. The largest absolute Gasteiger partial charge is 0.507 e. The molecule has 2 aliphatic heterocycles. The van der Waals surface area contributed by atoms with E-state index < -0.39 is 17.2 Å². The van der Waals surface area contributed by atoms with E-state index in [-0.39, 0.29) is 53.2 Å². The number of carboxylic acids is 1. The van der Waals surface area contributed by atoms with Crippen molar-refractivity contribution in [2.75, 3.05) is 0 Å². The minimum Gasteiger partial charge on any atom is -0.507 e. The van der Waals surface area contributed by atoms with Crippen LogP contribution in [0.25, 0.3) is 0 Å². The second-order valence-corrected chi connectivity index (χ2v) is 12.8. The third-order valence-electron chi connectivity index (χ3n) is 10.0. The van der Waals surface area contributed by atoms with Gasteiger partial charge in [-0.25, -0.2) is 4.79 Å². The normalized spacial score (nSPS) is 32.1. The Kier molecular flexibility index (Phi) is 10.9. The van der Waals surface area contributed by atoms with Crippen molar-refractivity contribution >= 4 is 11.8 Å². The van der Waals surface area contributed by atoms with Crippen LogP contribution in [0.1, 0.15) is 115 Å². The molecule has 7 nitrogen and oxygen atoms in total. The molecule has 2 saturated heterocycles. The van der Waals surface area contributed by atoms with Crippen molar-refractivity contribution in [3.8, 4) is 5.75 Å². The van der Waals surface area contributed by atoms with Crippen LogP contribution in [-0.4, -0.2) is 56.6 Å². The Labute approximate surface area is 246 Å². The molecule has 3 N–H and O–H groups in total. The summed E-state index contributed by atoms with van der Waals surface area (Å²) in [6.07, 6.45) is 6.93. The Morgan fingerprint density at radius 2 is 1.85 bits per heavy atom. The van der Waals surface area contributed by atoms with Crippen molar-refractivity contribution in [1.29, 1.82) is 0 Å². The van der Waals surface area contributed by atoms with E-state index in [2.05, 4.69) is 13.8 Å². The summed E-state index contributed by atoms with van der Waals surface area (Å²) in [5.74, 6) is -1.23. The topological polar surface area (TPSA) is 113 Å². The Bertz CT molecular complexity index is 1130. The number of benzene rings is 1. The minimum atomic E-state index is -1.13. The average Bonchev–Trinajstić information content (AvgIpc) is 3.27. The van der Waals surface area contributed by atoms with Crippen molar-refractivity contribution in [3.05, 3.63) is 40.5 Å². The van der Waals surface area contributed by atoms with Crippen LogP contribution in [0.3, 0.4) is 0 Å². The maximum atomic E-state index is 13.8. The maximum absolute atomic E-state index is 13.8. The highest BCUT2D eigenvalue weighted by Crippen LogP contribution is 2.48. The first-order valence-electron chi connectivity index (χ1n) is 15.6. The fourth-order valence-corrected chi connectivity index (χ4v) is 7.13. The van der Waals surface area contributed by atoms with E-state index >= 15 is 0 Å². The van der Waals surface area contributed by atoms with Crippen LogP contribution in [0.15, 0.2) is 23.8 Å². The van der Waals surface area contributed by atoms with Crippen LogP contribution >= 0.6 is 0 Å². The molecule has 2 heterocycles. The third-order valence-corrected chi connectivity index (χ3v) is 10.0. The van der Waals surface area contributed by atoms with E-state index in [9.17, 15) is 24.9 Å². The molecule has 0 bridgehead atoms. The number of aromatic carboxylic acids is 1. The van der Waals surface area contributed by atoms with Gasteiger partial charge >= 0.3 is 5.97 Å². The number of allylic oxidation sites excluding steroid dienone is 2. The van der Waals surface area contributed by atoms with Crippen LogP contribution in [0, 0.1) is 24.7 Å². The van der Waals surface area contributed by atoms with Gasteiger partial charge in [-0.15, -0.1) is 0 Å². The molecule has 230 valence electrons. The van der Waals surface area contributed by atoms with Gasteiger partial charge < -0.3 is 24.8 Å². The predicted octanol–water partition coefficient (Wildman–Crippen LogP) is 6.79. The summed E-state index contributed by atoms with van der Waals surface area (Å²) in [7, 11) is 0. The van der Waals surface area contributed by atoms with Crippen LogP contribution in [0.2, 0.25) is 0 Å². The van der Waals surface area contributed by atoms with Crippen LogP contribution in [0.5, 0.6) is 5.75 Å². The second-order valence-electron chi connectivity index (χ2n) is 12.8. The smallest absolute Gasteiger partial charge is 0.339 e. The molecular formula is C34H52O7. The number of Topliss-reactive ketones (excluding diaryl/α,β-unsaturated/α-hetero) is 1. The van der Waals surface area contributed by atoms with Gasteiger partial charge in [0.05, 0.1) is 29.5 Å². The van der Waals surface area contributed by atoms with Crippen molar-refractivity contribution in [2.45, 2.75) is 136 Å². The zero-order chi connectivity index (χ0) is 30.7. The first kappa shape index (κ1) is 33.3. The molecule has 2 fully saturated rings. The molecule has 1 aromatic rings. The molecule has 3 rings (SSSR count). The van der Waals surface area contributed by atoms with E-state index in [1.807, 2.05) is 40.7 Å². The highest BCUT2D eigenvalue weighted by atomic mass is 16.6. The first-order chi connectivity index (χ1) is 19.2. The van der Waals surface area contributed by atoms with Crippen molar-refractivity contribution in [3.63, 3.8) is 0 Å². The number of rotatable bonds is 12. The fraction of sp³-hybridized carbons (Fsp3) is 0.706. The fourth-order valence-electron chi connectivity index (χ4n) is 7.13. The number of phenols is 1. The second kappa shape index (κ2) is 13.4. The van der Waals surface area contributed by atoms with E-state index in [1.165, 1.54) is 0 Å². The molecule has 1 aromatic carbocycles. The van der Waals surface area contributed by atoms with Gasteiger partial charge in [0, 0.05) is 5.92 Å². The molecular weight excluding hydrogens is 520 g/mol. The first-order valence-corrected chi connectivity index (χ1v) is 15.6. The standard InChI is InChI=1S/C34H52O7/c1-9-26(31-23(7)19-34(11-3,41-31)27-16-17-33(39,10-2)24(8)40-27)29(35)22(6)18-20(4)12-14-25-15-13-21(5)30(36)28(25)32(37)38/h13,15,18,20,23-24,26-27,31,36,39H,9-12,14,16-17,19H2,1-8H3,(H,37,38). The Balaban J connectivity index is 1.71. The van der Waals surface area contributed by atoms with E-state index in [0.29, 0.717) is 48.8 Å². The molecule has 7 heteroatoms. The molecule has 0 spiro atoms. The van der Waals surface area contributed by atoms with Gasteiger partial charge in [-0.3, -0.25) is 4.79 Å². The van der Waals surface area contributed by atoms with Gasteiger partial charge in [-0.05, 0) is 101 Å². The molecule has 0 radical (unpaired) electrons. The van der Waals surface area contributed by atoms with Crippen molar-refractivity contribution in [2.24, 2.45) is 17.8 Å². The van der Waals surface area contributed by atoms with Crippen LogP contribution in [-0.2, 0) is 20.7 Å². The van der Waals surface area contributed by atoms with E-state index in [1.54, 1.807) is 19.1 Å². The molecule has 0 aliphatic carbocycles. The van der Waals surface area contributed by atoms with Crippen molar-refractivity contribution < 1.29 is 34.4 Å². The quantitative estimate of drug-likeness (QED) is 0.236. The number of hydrogen-bond donors (Lipinski definition) is 3. The van der Waals surface area contributed by atoms with Gasteiger partial charge in [0.2, 0.25) is 0 Å². The number of aryl methyl sites for hydroxylation is 2. The van der Waals surface area contributed by atoms with Gasteiger partial charge in [-0.1, -0.05) is 52.8 Å². The summed E-state index contributed by atoms with van der Waals surface area (Å²) in [6, 6.07) is 3.50. The van der Waals surface area contributed by atoms with Crippen molar-refractivity contribution in [1.82, 2.24) is 0 Å². The zero-order valence-corrected chi connectivity index (χ0v) is 26.3. The molecule has 41 heavy (non-hydrogen) atoms. The highest BCUT2D eigenvalue weighted by Gasteiger charge is 2.54. The number of carbonyl (C=O) groups is 2. The molecule has 2 aliphatic rings. The number of aromatic hydroxyl groups is 1. The summed E-state index contributed by atoms with van der Waals surface area (Å²) in [5.41, 5.74) is 0.529. The van der Waals surface area contributed by atoms with E-state index in [0.717, 1.165) is 19.3 Å². The molecule has 8 atom stereocenters. The maximum Gasteiger partial charge on any atom is 0.339 e. The molecule has 8 unspecified atom stereocenters. The Morgan fingerprint density at radius 1 is 1.17 bits per heavy atom. The zero-order valence-electron chi connectivity index (χ0n) is 26.3. The van der Waals surface area contributed by atoms with Gasteiger partial charge in [-0.2, -0.15) is 0 Å². The summed E-state index contributed by atoms with van der Waals surface area (Å²) in [4.78, 5) is 25.5. The summed E-state index contributed by atoms with van der Waals surface area (Å²) < 4.78 is 13.3. The predicted molar refractivity (Wildman–Crippen MR) is 160 cm³/mol. The molecule has 0 saturated carbocycles.